The molecule has 0 aliphatic carbocycles. The maximum absolute atomic E-state index is 13.1. The molecule has 2 aliphatic rings. The second-order valence-electron chi connectivity index (χ2n) is 11.5. The Kier molecular flexibility index (Phi) is 12.1. The van der Waals surface area contributed by atoms with E-state index in [1.807, 2.05) is 18.2 Å². The van der Waals surface area contributed by atoms with Gasteiger partial charge in [-0.05, 0) is 60.7 Å². The molecule has 272 valence electrons. The summed E-state index contributed by atoms with van der Waals surface area (Å²) in [7, 11) is 9.38. The van der Waals surface area contributed by atoms with Crippen molar-refractivity contribution in [3.63, 3.8) is 0 Å². The lowest BCUT2D eigenvalue weighted by atomic mass is 10.1. The van der Waals surface area contributed by atoms with Crippen molar-refractivity contribution in [1.29, 1.82) is 0 Å². The number of aliphatic imine (C=N–C) groups is 1. The monoisotopic (exact) mass is 730 g/mol. The molecule has 1 N–H and O–H groups in total. The number of nitrogens with one attached hydrogen (secondary N) is 1. The van der Waals surface area contributed by atoms with Crippen LogP contribution < -0.4 is 33.7 Å². The Balaban J connectivity index is 0.000000201. The van der Waals surface area contributed by atoms with Crippen molar-refractivity contribution in [3.8, 4) is 34.5 Å². The molecule has 0 radical (unpaired) electrons. The topological polar surface area (TPSA) is 137 Å². The van der Waals surface area contributed by atoms with Crippen molar-refractivity contribution in [2.24, 2.45) is 4.99 Å². The fraction of sp³-hybridized carbons (Fsp3) is 0.263. The van der Waals surface area contributed by atoms with Crippen molar-refractivity contribution >= 4 is 45.9 Å². The number of carbonyl (C=O) groups is 3. The summed E-state index contributed by atoms with van der Waals surface area (Å²) in [6.45, 7) is 0.724. The van der Waals surface area contributed by atoms with E-state index in [0.29, 0.717) is 68.7 Å². The van der Waals surface area contributed by atoms with E-state index in [9.17, 15) is 14.4 Å². The van der Waals surface area contributed by atoms with E-state index in [1.165, 1.54) is 12.0 Å². The van der Waals surface area contributed by atoms with Gasteiger partial charge >= 0.3 is 0 Å². The van der Waals surface area contributed by atoms with Crippen LogP contribution in [0.1, 0.15) is 31.8 Å². The van der Waals surface area contributed by atoms with Gasteiger partial charge in [-0.15, -0.1) is 0 Å². The molecule has 0 aromatic heterocycles. The number of hydrogen-bond acceptors (Lipinski definition) is 10. The lowest BCUT2D eigenvalue weighted by molar-refractivity contribution is -0.116. The van der Waals surface area contributed by atoms with Gasteiger partial charge in [-0.2, -0.15) is 0 Å². The van der Waals surface area contributed by atoms with Gasteiger partial charge in [0.05, 0.1) is 84.8 Å². The third kappa shape index (κ3) is 8.49. The zero-order valence-electron chi connectivity index (χ0n) is 29.7. The first-order valence-corrected chi connectivity index (χ1v) is 16.4. The molecule has 4 aromatic rings. The zero-order chi connectivity index (χ0) is 37.4. The minimum Gasteiger partial charge on any atom is -0.497 e. The zero-order valence-corrected chi connectivity index (χ0v) is 30.4. The molecule has 0 spiro atoms. The second kappa shape index (κ2) is 16.8. The van der Waals surface area contributed by atoms with Gasteiger partial charge in [-0.25, -0.2) is 4.99 Å². The fourth-order valence-corrected chi connectivity index (χ4v) is 5.89. The molecule has 0 saturated carbocycles. The highest BCUT2D eigenvalue weighted by molar-refractivity contribution is 6.66. The van der Waals surface area contributed by atoms with Gasteiger partial charge in [0.2, 0.25) is 5.91 Å². The number of hydrogen-bond donors (Lipinski definition) is 1. The van der Waals surface area contributed by atoms with Gasteiger partial charge in [-0.3, -0.25) is 14.4 Å². The van der Waals surface area contributed by atoms with Gasteiger partial charge in [0.25, 0.3) is 11.8 Å². The molecule has 0 unspecified atom stereocenters. The van der Waals surface area contributed by atoms with Crippen molar-refractivity contribution in [2.75, 3.05) is 61.1 Å². The van der Waals surface area contributed by atoms with Gasteiger partial charge < -0.3 is 43.5 Å². The lowest BCUT2D eigenvalue weighted by Crippen LogP contribution is -2.34. The largest absolute Gasteiger partial charge is 0.497 e. The van der Waals surface area contributed by atoms with Crippen LogP contribution >= 0.6 is 11.6 Å². The number of nitrogens with zero attached hydrogens (tertiary/aromatic N) is 3. The summed E-state index contributed by atoms with van der Waals surface area (Å²) >= 11 is 6.24. The molecular weight excluding hydrogens is 692 g/mol. The average Bonchev–Trinajstić information content (AvgIpc) is 3.36. The molecule has 14 heteroatoms. The van der Waals surface area contributed by atoms with E-state index in [2.05, 4.69) is 10.3 Å². The number of fused-ring (bicyclic) bond motifs is 2. The van der Waals surface area contributed by atoms with Gasteiger partial charge in [0.1, 0.15) is 46.2 Å². The summed E-state index contributed by atoms with van der Waals surface area (Å²) in [5.41, 5.74) is 3.48. The van der Waals surface area contributed by atoms with Gasteiger partial charge in [0.15, 0.2) is 0 Å². The number of halogens is 1. The lowest BCUT2D eigenvalue weighted by Gasteiger charge is -2.22. The second-order valence-corrected chi connectivity index (χ2v) is 11.9. The predicted octanol–water partition coefficient (Wildman–Crippen LogP) is 5.94. The molecule has 0 fully saturated rings. The number of carbonyl (C=O) groups excluding carboxylic acids is 3. The van der Waals surface area contributed by atoms with Crippen LogP contribution in [0.25, 0.3) is 0 Å². The highest BCUT2D eigenvalue weighted by Crippen LogP contribution is 2.32. The summed E-state index contributed by atoms with van der Waals surface area (Å²) in [6.07, 6.45) is 0. The molecule has 0 atom stereocenters. The van der Waals surface area contributed by atoms with E-state index >= 15 is 0 Å². The third-order valence-corrected chi connectivity index (χ3v) is 8.55. The molecule has 4 aromatic carbocycles. The molecule has 2 heterocycles. The number of methoxy groups -OCH3 is 6. The smallest absolute Gasteiger partial charge is 0.256 e. The van der Waals surface area contributed by atoms with Crippen LogP contribution in [-0.4, -0.2) is 88.4 Å². The van der Waals surface area contributed by atoms with Gasteiger partial charge in [0, 0.05) is 23.3 Å². The molecule has 52 heavy (non-hydrogen) atoms. The first kappa shape index (κ1) is 37.3. The highest BCUT2D eigenvalue weighted by Gasteiger charge is 2.28. The molecular formula is C38H39ClN4O9. The maximum atomic E-state index is 13.1. The van der Waals surface area contributed by atoms with Crippen LogP contribution in [0, 0.1) is 0 Å². The summed E-state index contributed by atoms with van der Waals surface area (Å²) in [6, 6.07) is 21.0. The van der Waals surface area contributed by atoms with Crippen LogP contribution in [-0.2, 0) is 17.9 Å². The number of anilines is 1. The van der Waals surface area contributed by atoms with E-state index in [-0.39, 0.29) is 37.4 Å². The Morgan fingerprint density at radius 3 is 1.60 bits per heavy atom. The maximum Gasteiger partial charge on any atom is 0.256 e. The quantitative estimate of drug-likeness (QED) is 0.210. The van der Waals surface area contributed by atoms with Crippen LogP contribution in [0.15, 0.2) is 77.8 Å². The number of rotatable bonds is 10. The van der Waals surface area contributed by atoms with E-state index in [4.69, 9.17) is 40.0 Å². The highest BCUT2D eigenvalue weighted by atomic mass is 35.5. The molecule has 0 bridgehead atoms. The van der Waals surface area contributed by atoms with Gasteiger partial charge in [-0.1, -0.05) is 11.6 Å². The minimum atomic E-state index is -0.255. The predicted molar refractivity (Wildman–Crippen MR) is 196 cm³/mol. The van der Waals surface area contributed by atoms with Crippen molar-refractivity contribution in [3.05, 3.63) is 95.1 Å². The molecule has 0 saturated heterocycles. The third-order valence-electron chi connectivity index (χ3n) is 8.35. The Labute approximate surface area is 306 Å². The first-order chi connectivity index (χ1) is 25.1. The summed E-state index contributed by atoms with van der Waals surface area (Å²) in [5.74, 6) is 3.03. The van der Waals surface area contributed by atoms with Crippen LogP contribution in [0.2, 0.25) is 0 Å². The van der Waals surface area contributed by atoms with Crippen molar-refractivity contribution in [2.45, 2.75) is 13.1 Å². The summed E-state index contributed by atoms with van der Waals surface area (Å²) in [5, 5.41) is 3.10. The van der Waals surface area contributed by atoms with Crippen molar-refractivity contribution in [1.82, 2.24) is 9.80 Å². The summed E-state index contributed by atoms with van der Waals surface area (Å²) in [4.78, 5) is 45.7. The Morgan fingerprint density at radius 1 is 0.596 bits per heavy atom. The van der Waals surface area contributed by atoms with E-state index in [1.54, 1.807) is 95.0 Å². The van der Waals surface area contributed by atoms with Crippen LogP contribution in [0.3, 0.4) is 0 Å². The summed E-state index contributed by atoms with van der Waals surface area (Å²) < 4.78 is 31.6. The number of amides is 3. The average molecular weight is 731 g/mol. The minimum absolute atomic E-state index is 0.0506. The van der Waals surface area contributed by atoms with Crippen LogP contribution in [0.4, 0.5) is 11.4 Å². The van der Waals surface area contributed by atoms with E-state index in [0.717, 1.165) is 11.1 Å². The van der Waals surface area contributed by atoms with Crippen LogP contribution in [0.5, 0.6) is 34.5 Å². The first-order valence-electron chi connectivity index (χ1n) is 16.0. The molecule has 6 rings (SSSR count). The van der Waals surface area contributed by atoms with E-state index < -0.39 is 0 Å². The Bertz CT molecular complexity index is 1950. The number of benzene rings is 4. The number of ether oxygens (including phenoxy) is 6. The molecule has 3 amide bonds. The standard InChI is InChI=1S/C19H19ClN2O4.C19H20N2O5/c1-24-13-6-7-16-15(8-13)19(23)22(11-18(20)21-16)10-12-4-5-14(25-2)9-17(12)26-3;1-24-13-6-7-16-15(8-13)19(23)21(11-18(22)20-16)10-12-4-5-14(25-2)9-17(12)26-3/h4-9H,10-11H2,1-3H3;4-9H,10-11H2,1-3H3,(H,20,22). The Morgan fingerprint density at radius 2 is 1.06 bits per heavy atom. The fourth-order valence-electron chi connectivity index (χ4n) is 5.65. The van der Waals surface area contributed by atoms with Crippen molar-refractivity contribution < 1.29 is 42.8 Å². The normalized spacial score (nSPS) is 13.6. The molecule has 13 nitrogen and oxygen atoms in total. The molecule has 2 aliphatic heterocycles. The Hall–Kier alpha value is -5.95. The SMILES string of the molecule is COc1ccc(CN2CC(=O)Nc3ccc(OC)cc3C2=O)c(OC)c1.COc1ccc(CN2CC(Cl)=Nc3ccc(OC)cc3C2=O)c(OC)c1.